The van der Waals surface area contributed by atoms with E-state index in [1.807, 2.05) is 27.7 Å². The van der Waals surface area contributed by atoms with E-state index in [9.17, 15) is 14.7 Å². The van der Waals surface area contributed by atoms with Gasteiger partial charge in [0.25, 0.3) is 0 Å². The molecule has 1 fully saturated rings. The second-order valence-corrected chi connectivity index (χ2v) is 8.91. The molecule has 8 nitrogen and oxygen atoms in total. The van der Waals surface area contributed by atoms with E-state index in [0.29, 0.717) is 11.0 Å². The van der Waals surface area contributed by atoms with E-state index in [1.54, 1.807) is 39.0 Å². The van der Waals surface area contributed by atoms with Crippen LogP contribution in [0.1, 0.15) is 64.5 Å². The van der Waals surface area contributed by atoms with Gasteiger partial charge in [-0.25, -0.2) is 14.6 Å². The minimum Gasteiger partial charge on any atom is -0.476 e. The lowest BCUT2D eigenvalue weighted by Gasteiger charge is -2.32. The number of pyridine rings is 1. The summed E-state index contributed by atoms with van der Waals surface area (Å²) < 4.78 is 17.4. The number of aromatic carboxylic acids is 1. The molecule has 1 aromatic rings. The Hall–Kier alpha value is -2.39. The van der Waals surface area contributed by atoms with Crippen molar-refractivity contribution in [1.82, 2.24) is 10.3 Å². The van der Waals surface area contributed by atoms with E-state index >= 15 is 0 Å². The molecular weight excluding hydrogens is 375 g/mol. The molecule has 0 saturated carbocycles. The predicted octanol–water partition coefficient (Wildman–Crippen LogP) is 3.32. The quantitative estimate of drug-likeness (QED) is 0.725. The van der Waals surface area contributed by atoms with Crippen molar-refractivity contribution in [3.8, 4) is 0 Å². The van der Waals surface area contributed by atoms with Crippen molar-refractivity contribution in [2.24, 2.45) is 0 Å². The highest BCUT2D eigenvalue weighted by molar-refractivity contribution is 6.56. The van der Waals surface area contributed by atoms with Crippen LogP contribution in [0, 0.1) is 0 Å². The number of ether oxygens (including phenoxy) is 1. The molecule has 1 aliphatic rings. The molecule has 2 heterocycles. The van der Waals surface area contributed by atoms with Crippen molar-refractivity contribution in [3.05, 3.63) is 35.1 Å². The number of hydrogen-bond donors (Lipinski definition) is 2. The van der Waals surface area contributed by atoms with Gasteiger partial charge in [-0.15, -0.1) is 0 Å². The second kappa shape index (κ2) is 8.16. The molecule has 29 heavy (non-hydrogen) atoms. The average molecular weight is 404 g/mol. The monoisotopic (exact) mass is 404 g/mol. The molecule has 1 aromatic heterocycles. The Morgan fingerprint density at radius 1 is 1.24 bits per heavy atom. The third kappa shape index (κ3) is 5.80. The SMILES string of the molecule is CC(C)(C)OC(=O)NCC(=Cc1cccnc1C(=O)O)B1OC(C)(C)C(C)(C)O1. The first-order valence-electron chi connectivity index (χ1n) is 9.43. The summed E-state index contributed by atoms with van der Waals surface area (Å²) in [4.78, 5) is 27.5. The largest absolute Gasteiger partial charge is 0.492 e. The van der Waals surface area contributed by atoms with Crippen molar-refractivity contribution in [2.75, 3.05) is 6.54 Å². The first-order valence-corrected chi connectivity index (χ1v) is 9.43. The summed E-state index contributed by atoms with van der Waals surface area (Å²) in [7, 11) is -0.767. The summed E-state index contributed by atoms with van der Waals surface area (Å²) in [5.74, 6) is -1.15. The summed E-state index contributed by atoms with van der Waals surface area (Å²) in [6.45, 7) is 13.0. The first-order chi connectivity index (χ1) is 13.2. The second-order valence-electron chi connectivity index (χ2n) is 8.91. The van der Waals surface area contributed by atoms with Crippen LogP contribution in [0.2, 0.25) is 0 Å². The molecule has 9 heteroatoms. The lowest BCUT2D eigenvalue weighted by atomic mass is 9.77. The Morgan fingerprint density at radius 3 is 2.34 bits per heavy atom. The Labute approximate surface area is 171 Å². The number of rotatable bonds is 5. The maximum atomic E-state index is 12.1. The maximum Gasteiger partial charge on any atom is 0.492 e. The fraction of sp³-hybridized carbons (Fsp3) is 0.550. The fourth-order valence-corrected chi connectivity index (χ4v) is 2.60. The molecule has 2 rings (SSSR count). The number of carbonyl (C=O) groups excluding carboxylic acids is 1. The molecule has 1 amide bonds. The highest BCUT2D eigenvalue weighted by atomic mass is 16.7. The Balaban J connectivity index is 2.34. The molecule has 0 aromatic carbocycles. The molecule has 0 bridgehead atoms. The van der Waals surface area contributed by atoms with Gasteiger partial charge in [-0.3, -0.25) is 0 Å². The van der Waals surface area contributed by atoms with Crippen LogP contribution in [0.3, 0.4) is 0 Å². The van der Waals surface area contributed by atoms with Gasteiger partial charge < -0.3 is 24.5 Å². The van der Waals surface area contributed by atoms with E-state index in [1.165, 1.54) is 6.20 Å². The molecule has 0 unspecified atom stereocenters. The zero-order chi connectivity index (χ0) is 22.0. The van der Waals surface area contributed by atoms with Crippen LogP contribution in [0.25, 0.3) is 6.08 Å². The van der Waals surface area contributed by atoms with Gasteiger partial charge in [0.15, 0.2) is 5.69 Å². The van der Waals surface area contributed by atoms with E-state index in [2.05, 4.69) is 10.3 Å². The molecule has 0 radical (unpaired) electrons. The number of carboxylic acids is 1. The standard InChI is InChI=1S/C20H29BN2O6/c1-18(2,3)27-17(26)23-12-14(21-28-19(4,5)20(6,7)29-21)11-13-9-8-10-22-15(13)16(24)25/h8-11H,12H2,1-7H3,(H,23,26)(H,24,25). The summed E-state index contributed by atoms with van der Waals surface area (Å²) in [6.07, 6.45) is 2.44. The van der Waals surface area contributed by atoms with Crippen molar-refractivity contribution in [1.29, 1.82) is 0 Å². The van der Waals surface area contributed by atoms with Gasteiger partial charge in [0, 0.05) is 18.3 Å². The highest BCUT2D eigenvalue weighted by Crippen LogP contribution is 2.38. The van der Waals surface area contributed by atoms with Gasteiger partial charge in [0.05, 0.1) is 11.2 Å². The van der Waals surface area contributed by atoms with E-state index in [4.69, 9.17) is 14.0 Å². The Morgan fingerprint density at radius 2 is 1.83 bits per heavy atom. The normalized spacial score (nSPS) is 18.4. The topological polar surface area (TPSA) is 107 Å². The molecule has 158 valence electrons. The summed E-state index contributed by atoms with van der Waals surface area (Å²) >= 11 is 0. The lowest BCUT2D eigenvalue weighted by Crippen LogP contribution is -2.41. The van der Waals surface area contributed by atoms with E-state index < -0.39 is 36.0 Å². The molecular formula is C20H29BN2O6. The number of nitrogens with one attached hydrogen (secondary N) is 1. The zero-order valence-corrected chi connectivity index (χ0v) is 18.0. The number of amides is 1. The predicted molar refractivity (Wildman–Crippen MR) is 109 cm³/mol. The number of hydrogen-bond acceptors (Lipinski definition) is 6. The summed E-state index contributed by atoms with van der Waals surface area (Å²) in [5.41, 5.74) is -0.988. The van der Waals surface area contributed by atoms with Gasteiger partial charge in [-0.05, 0) is 60.0 Å². The van der Waals surface area contributed by atoms with Crippen LogP contribution in [0.4, 0.5) is 4.79 Å². The summed E-state index contributed by atoms with van der Waals surface area (Å²) in [5, 5.41) is 12.1. The van der Waals surface area contributed by atoms with Crippen molar-refractivity contribution >= 4 is 25.3 Å². The summed E-state index contributed by atoms with van der Waals surface area (Å²) in [6, 6.07) is 3.27. The van der Waals surface area contributed by atoms with Crippen LogP contribution in [-0.4, -0.2) is 52.6 Å². The van der Waals surface area contributed by atoms with Gasteiger partial charge in [0.1, 0.15) is 5.60 Å². The van der Waals surface area contributed by atoms with Gasteiger partial charge in [0.2, 0.25) is 0 Å². The van der Waals surface area contributed by atoms with Crippen LogP contribution in [0.5, 0.6) is 0 Å². The third-order valence-corrected chi connectivity index (χ3v) is 4.77. The maximum absolute atomic E-state index is 12.1. The van der Waals surface area contributed by atoms with Gasteiger partial charge in [-0.1, -0.05) is 12.1 Å². The number of nitrogens with zero attached hydrogens (tertiary/aromatic N) is 1. The van der Waals surface area contributed by atoms with Crippen LogP contribution >= 0.6 is 0 Å². The minimum absolute atomic E-state index is 0.0553. The zero-order valence-electron chi connectivity index (χ0n) is 18.0. The fourth-order valence-electron chi connectivity index (χ4n) is 2.60. The molecule has 0 spiro atoms. The number of aromatic nitrogens is 1. The molecule has 1 saturated heterocycles. The van der Waals surface area contributed by atoms with E-state index in [-0.39, 0.29) is 12.2 Å². The highest BCUT2D eigenvalue weighted by Gasteiger charge is 2.52. The average Bonchev–Trinajstić information content (AvgIpc) is 2.77. The Bertz CT molecular complexity index is 797. The molecule has 0 atom stereocenters. The van der Waals surface area contributed by atoms with Crippen LogP contribution in [0.15, 0.2) is 23.8 Å². The number of alkyl carbamates (subject to hydrolysis) is 1. The molecule has 1 aliphatic heterocycles. The minimum atomic E-state index is -1.15. The number of carbonyl (C=O) groups is 2. The third-order valence-electron chi connectivity index (χ3n) is 4.77. The van der Waals surface area contributed by atoms with Crippen molar-refractivity contribution in [3.63, 3.8) is 0 Å². The van der Waals surface area contributed by atoms with Gasteiger partial charge >= 0.3 is 19.2 Å². The first kappa shape index (κ1) is 22.9. The van der Waals surface area contributed by atoms with Crippen molar-refractivity contribution in [2.45, 2.75) is 65.3 Å². The number of carboxylic acid groups (broad SMARTS) is 1. The van der Waals surface area contributed by atoms with E-state index in [0.717, 1.165) is 0 Å². The Kier molecular flexibility index (Phi) is 6.44. The lowest BCUT2D eigenvalue weighted by molar-refractivity contribution is 0.00578. The van der Waals surface area contributed by atoms with Crippen molar-refractivity contribution < 1.29 is 28.7 Å². The molecule has 0 aliphatic carbocycles. The van der Waals surface area contributed by atoms with Gasteiger partial charge in [-0.2, -0.15) is 0 Å². The van der Waals surface area contributed by atoms with Crippen LogP contribution < -0.4 is 5.32 Å². The smallest absolute Gasteiger partial charge is 0.476 e. The van der Waals surface area contributed by atoms with Crippen LogP contribution in [-0.2, 0) is 14.0 Å². The molecule has 2 N–H and O–H groups in total.